The Morgan fingerprint density at radius 2 is 1.85 bits per heavy atom. The van der Waals surface area contributed by atoms with Gasteiger partial charge in [-0.05, 0) is 38.1 Å². The van der Waals surface area contributed by atoms with Crippen molar-refractivity contribution in [1.82, 2.24) is 14.7 Å². The maximum atomic E-state index is 12.8. The topological polar surface area (TPSA) is 81.2 Å². The van der Waals surface area contributed by atoms with Gasteiger partial charge in [-0.15, -0.1) is 0 Å². The van der Waals surface area contributed by atoms with Crippen LogP contribution < -0.4 is 0 Å². The van der Waals surface area contributed by atoms with Crippen molar-refractivity contribution in [3.8, 4) is 11.8 Å². The first-order valence-corrected chi connectivity index (χ1v) is 8.85. The Kier molecular flexibility index (Phi) is 4.94. The Morgan fingerprint density at radius 3 is 2.48 bits per heavy atom. The smallest absolute Gasteiger partial charge is 0.253 e. The van der Waals surface area contributed by atoms with Crippen LogP contribution in [0.1, 0.15) is 29.8 Å². The molecule has 3 rings (SSSR count). The van der Waals surface area contributed by atoms with Crippen LogP contribution in [0.4, 0.5) is 0 Å². The molecule has 2 aliphatic heterocycles. The molecule has 2 aliphatic rings. The number of amides is 3. The average molecular weight is 369 g/mol. The summed E-state index contributed by atoms with van der Waals surface area (Å²) < 4.78 is 0. The first kappa shape index (κ1) is 18.9. The number of hydrogen-bond acceptors (Lipinski definition) is 4. The molecule has 0 aliphatic carbocycles. The van der Waals surface area contributed by atoms with Crippen molar-refractivity contribution in [3.05, 3.63) is 35.4 Å². The van der Waals surface area contributed by atoms with E-state index in [4.69, 9.17) is 0 Å². The number of likely N-dealkylation sites (N-methyl/N-ethyl adjacent to an activating group) is 1. The van der Waals surface area contributed by atoms with Gasteiger partial charge in [0.1, 0.15) is 11.6 Å². The minimum absolute atomic E-state index is 0.0797. The largest absolute Gasteiger partial charge is 0.378 e. The number of nitrogens with zero attached hydrogens (tertiary/aromatic N) is 3. The fourth-order valence-corrected chi connectivity index (χ4v) is 3.21. The highest BCUT2D eigenvalue weighted by Crippen LogP contribution is 2.19. The fraction of sp³-hybridized carbons (Fsp3) is 0.450. The zero-order valence-electron chi connectivity index (χ0n) is 15.7. The third kappa shape index (κ3) is 4.12. The van der Waals surface area contributed by atoms with E-state index in [1.807, 2.05) is 0 Å². The number of benzene rings is 1. The molecule has 27 heavy (non-hydrogen) atoms. The van der Waals surface area contributed by atoms with Gasteiger partial charge in [-0.25, -0.2) is 0 Å². The highest BCUT2D eigenvalue weighted by atomic mass is 16.3. The molecular weight excluding hydrogens is 346 g/mol. The van der Waals surface area contributed by atoms with Crippen molar-refractivity contribution in [2.45, 2.75) is 25.5 Å². The molecule has 1 aromatic rings. The van der Waals surface area contributed by atoms with Crippen LogP contribution in [-0.2, 0) is 9.59 Å². The number of carbonyl (C=O) groups excluding carboxylic acids is 3. The van der Waals surface area contributed by atoms with Crippen molar-refractivity contribution in [3.63, 3.8) is 0 Å². The quantitative estimate of drug-likeness (QED) is 0.703. The molecule has 2 saturated heterocycles. The van der Waals surface area contributed by atoms with Gasteiger partial charge in [0.05, 0.1) is 13.1 Å². The first-order chi connectivity index (χ1) is 12.7. The molecule has 0 spiro atoms. The molecule has 0 bridgehead atoms. The second-order valence-corrected chi connectivity index (χ2v) is 7.43. The Hall–Kier alpha value is -2.85. The molecule has 142 valence electrons. The lowest BCUT2D eigenvalue weighted by Gasteiger charge is -2.45. The minimum Gasteiger partial charge on any atom is -0.378 e. The van der Waals surface area contributed by atoms with E-state index in [9.17, 15) is 19.5 Å². The predicted molar refractivity (Wildman–Crippen MR) is 98.7 cm³/mol. The van der Waals surface area contributed by atoms with Crippen molar-refractivity contribution < 1.29 is 19.5 Å². The molecule has 0 radical (unpaired) electrons. The van der Waals surface area contributed by atoms with Crippen molar-refractivity contribution in [2.24, 2.45) is 0 Å². The normalized spacial score (nSPS) is 20.1. The Balaban J connectivity index is 1.72. The summed E-state index contributed by atoms with van der Waals surface area (Å²) in [4.78, 5) is 41.9. The lowest BCUT2D eigenvalue weighted by Crippen LogP contribution is -2.66. The average Bonchev–Trinajstić information content (AvgIpc) is 2.63. The van der Waals surface area contributed by atoms with Crippen LogP contribution in [0.25, 0.3) is 0 Å². The summed E-state index contributed by atoms with van der Waals surface area (Å²) in [5, 5.41) is 9.65. The van der Waals surface area contributed by atoms with E-state index >= 15 is 0 Å². The summed E-state index contributed by atoms with van der Waals surface area (Å²) in [6.45, 7) is 4.27. The van der Waals surface area contributed by atoms with E-state index in [2.05, 4.69) is 11.8 Å². The number of hydrogen-bond donors (Lipinski definition) is 1. The van der Waals surface area contributed by atoms with E-state index in [-0.39, 0.29) is 30.8 Å². The molecule has 3 amide bonds. The van der Waals surface area contributed by atoms with Crippen LogP contribution in [0.2, 0.25) is 0 Å². The maximum absolute atomic E-state index is 12.8. The molecule has 1 aromatic carbocycles. The van der Waals surface area contributed by atoms with E-state index in [1.165, 1.54) is 4.90 Å². The summed E-state index contributed by atoms with van der Waals surface area (Å²) in [6.07, 6.45) is 0. The molecule has 1 N–H and O–H groups in total. The summed E-state index contributed by atoms with van der Waals surface area (Å²) >= 11 is 0. The van der Waals surface area contributed by atoms with Gasteiger partial charge in [-0.1, -0.05) is 11.8 Å². The second-order valence-electron chi connectivity index (χ2n) is 7.43. The fourth-order valence-electron chi connectivity index (χ4n) is 3.21. The summed E-state index contributed by atoms with van der Waals surface area (Å²) in [6, 6.07) is 6.22. The van der Waals surface area contributed by atoms with Crippen LogP contribution in [-0.4, -0.2) is 82.4 Å². The molecule has 2 heterocycles. The lowest BCUT2D eigenvalue weighted by molar-refractivity contribution is -0.157. The molecule has 0 saturated carbocycles. The Labute approximate surface area is 158 Å². The highest BCUT2D eigenvalue weighted by molar-refractivity contribution is 5.98. The maximum Gasteiger partial charge on any atom is 0.253 e. The van der Waals surface area contributed by atoms with E-state index in [0.29, 0.717) is 24.2 Å². The molecule has 2 fully saturated rings. The van der Waals surface area contributed by atoms with Crippen LogP contribution in [0, 0.1) is 11.8 Å². The van der Waals surface area contributed by atoms with Crippen LogP contribution in [0.5, 0.6) is 0 Å². The molecular formula is C20H23N3O4. The van der Waals surface area contributed by atoms with Crippen LogP contribution in [0.15, 0.2) is 24.3 Å². The van der Waals surface area contributed by atoms with Gasteiger partial charge in [0.15, 0.2) is 0 Å². The van der Waals surface area contributed by atoms with Crippen molar-refractivity contribution in [1.29, 1.82) is 0 Å². The van der Waals surface area contributed by atoms with Gasteiger partial charge >= 0.3 is 0 Å². The van der Waals surface area contributed by atoms with Crippen LogP contribution in [0.3, 0.4) is 0 Å². The predicted octanol–water partition coefficient (Wildman–Crippen LogP) is -0.0660. The highest BCUT2D eigenvalue weighted by Gasteiger charge is 2.42. The van der Waals surface area contributed by atoms with E-state index in [1.54, 1.807) is 55.0 Å². The summed E-state index contributed by atoms with van der Waals surface area (Å²) in [7, 11) is 1.60. The monoisotopic (exact) mass is 369 g/mol. The molecule has 0 aromatic heterocycles. The van der Waals surface area contributed by atoms with Crippen LogP contribution >= 0.6 is 0 Å². The number of carbonyl (C=O) groups is 3. The second kappa shape index (κ2) is 7.05. The van der Waals surface area contributed by atoms with Gasteiger partial charge in [0.25, 0.3) is 5.91 Å². The molecule has 7 heteroatoms. The first-order valence-electron chi connectivity index (χ1n) is 8.85. The number of fused-ring (bicyclic) bond motifs is 1. The zero-order valence-corrected chi connectivity index (χ0v) is 15.7. The summed E-state index contributed by atoms with van der Waals surface area (Å²) in [5.41, 5.74) is 0.124. The number of piperazine rings is 2. The van der Waals surface area contributed by atoms with Crippen molar-refractivity contribution in [2.75, 3.05) is 33.2 Å². The Bertz CT molecular complexity index is 830. The summed E-state index contributed by atoms with van der Waals surface area (Å²) in [5.74, 6) is 5.20. The SMILES string of the molecule is CN1CC(=O)N2CCN(C(=O)c3ccc(C#CC(C)(C)O)cc3)CC2C1=O. The molecule has 1 atom stereocenters. The number of aliphatic hydroxyl groups is 1. The Morgan fingerprint density at radius 1 is 1.19 bits per heavy atom. The molecule has 7 nitrogen and oxygen atoms in total. The van der Waals surface area contributed by atoms with Crippen molar-refractivity contribution >= 4 is 17.7 Å². The lowest BCUT2D eigenvalue weighted by atomic mass is 10.0. The third-order valence-corrected chi connectivity index (χ3v) is 4.67. The van der Waals surface area contributed by atoms with E-state index < -0.39 is 11.6 Å². The number of rotatable bonds is 1. The molecule has 1 unspecified atom stereocenters. The van der Waals surface area contributed by atoms with Gasteiger partial charge < -0.3 is 19.8 Å². The van der Waals surface area contributed by atoms with Gasteiger partial charge in [0, 0.05) is 31.3 Å². The van der Waals surface area contributed by atoms with Gasteiger partial charge in [-0.2, -0.15) is 0 Å². The third-order valence-electron chi connectivity index (χ3n) is 4.67. The minimum atomic E-state index is -1.08. The van der Waals surface area contributed by atoms with Gasteiger partial charge in [0.2, 0.25) is 11.8 Å². The van der Waals surface area contributed by atoms with E-state index in [0.717, 1.165) is 0 Å². The zero-order chi connectivity index (χ0) is 19.8. The van der Waals surface area contributed by atoms with Gasteiger partial charge in [-0.3, -0.25) is 14.4 Å². The standard InChI is InChI=1S/C20H23N3O4/c1-20(2,27)9-8-14-4-6-15(7-5-14)18(25)22-10-11-23-16(12-22)19(26)21(3)13-17(23)24/h4-7,16,27H,10-13H2,1-3H3.